The predicted molar refractivity (Wildman–Crippen MR) is 87.3 cm³/mol. The van der Waals surface area contributed by atoms with Crippen LogP contribution in [0, 0.1) is 0 Å². The molecule has 1 N–H and O–H groups in total. The van der Waals surface area contributed by atoms with Gasteiger partial charge < -0.3 is 10.1 Å². The van der Waals surface area contributed by atoms with Crippen molar-refractivity contribution in [3.63, 3.8) is 0 Å². The predicted octanol–water partition coefficient (Wildman–Crippen LogP) is 4.87. The summed E-state index contributed by atoms with van der Waals surface area (Å²) in [6, 6.07) is 8.75. The van der Waals surface area contributed by atoms with Crippen LogP contribution in [-0.2, 0) is 0 Å². The monoisotopic (exact) mass is 275 g/mol. The zero-order chi connectivity index (χ0) is 15.0. The van der Waals surface area contributed by atoms with Crippen LogP contribution >= 0.6 is 0 Å². The van der Waals surface area contributed by atoms with Gasteiger partial charge in [0, 0.05) is 6.04 Å². The van der Waals surface area contributed by atoms with Gasteiger partial charge in [0.15, 0.2) is 0 Å². The Bertz CT molecular complexity index is 412. The van der Waals surface area contributed by atoms with Crippen molar-refractivity contribution in [3.05, 3.63) is 42.0 Å². The van der Waals surface area contributed by atoms with E-state index in [1.165, 1.54) is 11.1 Å². The summed E-state index contributed by atoms with van der Waals surface area (Å²) in [5, 5.41) is 3.62. The molecule has 1 atom stereocenters. The minimum absolute atomic E-state index is 0.206. The number of hydrogen-bond acceptors (Lipinski definition) is 2. The third-order valence-electron chi connectivity index (χ3n) is 3.27. The van der Waals surface area contributed by atoms with Crippen molar-refractivity contribution in [2.45, 2.75) is 59.1 Å². The molecule has 2 heteroatoms. The summed E-state index contributed by atoms with van der Waals surface area (Å²) in [7, 11) is 0. The normalized spacial score (nSPS) is 12.4. The van der Waals surface area contributed by atoms with Crippen LogP contribution in [-0.4, -0.2) is 12.6 Å². The number of benzene rings is 1. The molecular weight excluding hydrogens is 246 g/mol. The Kier molecular flexibility index (Phi) is 7.38. The Morgan fingerprint density at radius 1 is 1.30 bits per heavy atom. The van der Waals surface area contributed by atoms with E-state index in [9.17, 15) is 0 Å². The second-order valence-electron chi connectivity index (χ2n) is 5.55. The molecule has 0 amide bonds. The molecule has 0 heterocycles. The maximum Gasteiger partial charge on any atom is 0.120 e. The molecule has 0 fully saturated rings. The molecule has 0 saturated heterocycles. The molecule has 1 aromatic rings. The number of rotatable bonds is 9. The first-order valence-corrected chi connectivity index (χ1v) is 7.73. The van der Waals surface area contributed by atoms with E-state index in [2.05, 4.69) is 57.8 Å². The van der Waals surface area contributed by atoms with Gasteiger partial charge in [-0.05, 0) is 57.4 Å². The molecule has 20 heavy (non-hydrogen) atoms. The van der Waals surface area contributed by atoms with Crippen molar-refractivity contribution >= 4 is 0 Å². The summed E-state index contributed by atoms with van der Waals surface area (Å²) < 4.78 is 5.79. The van der Waals surface area contributed by atoms with E-state index < -0.39 is 0 Å². The summed E-state index contributed by atoms with van der Waals surface area (Å²) in [6.07, 6.45) is 3.36. The second-order valence-corrected chi connectivity index (χ2v) is 5.55. The smallest absolute Gasteiger partial charge is 0.120 e. The van der Waals surface area contributed by atoms with Crippen LogP contribution in [0.4, 0.5) is 0 Å². The Labute approximate surface area is 124 Å². The van der Waals surface area contributed by atoms with Crippen LogP contribution < -0.4 is 10.1 Å². The van der Waals surface area contributed by atoms with E-state index in [0.717, 1.165) is 31.6 Å². The van der Waals surface area contributed by atoms with Gasteiger partial charge in [0.25, 0.3) is 0 Å². The van der Waals surface area contributed by atoms with Gasteiger partial charge in [0.1, 0.15) is 5.75 Å². The highest BCUT2D eigenvalue weighted by Gasteiger charge is 2.12. The Hall–Kier alpha value is -1.28. The SMILES string of the molecule is C=C(CC)CC(NCCC)c1cccc(OC(C)C)c1. The highest BCUT2D eigenvalue weighted by molar-refractivity contribution is 5.31. The summed E-state index contributed by atoms with van der Waals surface area (Å²) in [5.74, 6) is 0.947. The minimum atomic E-state index is 0.206. The quantitative estimate of drug-likeness (QED) is 0.649. The molecule has 0 radical (unpaired) electrons. The maximum atomic E-state index is 5.79. The zero-order valence-electron chi connectivity index (χ0n) is 13.4. The molecule has 0 aliphatic rings. The topological polar surface area (TPSA) is 21.3 Å². The third kappa shape index (κ3) is 5.79. The Morgan fingerprint density at radius 2 is 2.05 bits per heavy atom. The van der Waals surface area contributed by atoms with Gasteiger partial charge in [-0.2, -0.15) is 0 Å². The minimum Gasteiger partial charge on any atom is -0.491 e. The Balaban J connectivity index is 2.85. The van der Waals surface area contributed by atoms with Crippen molar-refractivity contribution in [2.24, 2.45) is 0 Å². The van der Waals surface area contributed by atoms with E-state index in [4.69, 9.17) is 4.74 Å². The number of nitrogens with one attached hydrogen (secondary N) is 1. The molecule has 0 aliphatic carbocycles. The molecule has 0 bridgehead atoms. The zero-order valence-corrected chi connectivity index (χ0v) is 13.4. The number of hydrogen-bond donors (Lipinski definition) is 1. The van der Waals surface area contributed by atoms with Gasteiger partial charge in [-0.3, -0.25) is 0 Å². The number of ether oxygens (including phenoxy) is 1. The third-order valence-corrected chi connectivity index (χ3v) is 3.27. The van der Waals surface area contributed by atoms with Crippen molar-refractivity contribution < 1.29 is 4.74 Å². The van der Waals surface area contributed by atoms with E-state index in [0.29, 0.717) is 6.04 Å². The molecule has 0 aromatic heterocycles. The fourth-order valence-electron chi connectivity index (χ4n) is 2.14. The highest BCUT2D eigenvalue weighted by atomic mass is 16.5. The molecule has 112 valence electrons. The van der Waals surface area contributed by atoms with Crippen LogP contribution in [0.1, 0.15) is 58.6 Å². The summed E-state index contributed by atoms with van der Waals surface area (Å²) in [5.41, 5.74) is 2.57. The summed E-state index contributed by atoms with van der Waals surface area (Å²) in [6.45, 7) is 13.6. The van der Waals surface area contributed by atoms with Crippen LogP contribution in [0.3, 0.4) is 0 Å². The molecular formula is C18H29NO. The van der Waals surface area contributed by atoms with Gasteiger partial charge in [-0.1, -0.05) is 38.1 Å². The fraction of sp³-hybridized carbons (Fsp3) is 0.556. The van der Waals surface area contributed by atoms with Crippen molar-refractivity contribution in [1.82, 2.24) is 5.32 Å². The van der Waals surface area contributed by atoms with Gasteiger partial charge in [-0.15, -0.1) is 0 Å². The average molecular weight is 275 g/mol. The van der Waals surface area contributed by atoms with Crippen molar-refractivity contribution in [2.75, 3.05) is 6.54 Å². The van der Waals surface area contributed by atoms with Crippen LogP contribution in [0.2, 0.25) is 0 Å². The van der Waals surface area contributed by atoms with Crippen molar-refractivity contribution in [3.8, 4) is 5.75 Å². The van der Waals surface area contributed by atoms with Gasteiger partial charge in [0.05, 0.1) is 6.10 Å². The first-order chi connectivity index (χ1) is 9.56. The molecule has 1 unspecified atom stereocenters. The second kappa shape index (κ2) is 8.80. The molecule has 0 aliphatic heterocycles. The molecule has 1 aromatic carbocycles. The molecule has 0 spiro atoms. The fourth-order valence-corrected chi connectivity index (χ4v) is 2.14. The van der Waals surface area contributed by atoms with Crippen molar-refractivity contribution in [1.29, 1.82) is 0 Å². The van der Waals surface area contributed by atoms with E-state index in [1.54, 1.807) is 0 Å². The van der Waals surface area contributed by atoms with E-state index >= 15 is 0 Å². The standard InChI is InChI=1S/C18H29NO/c1-6-11-19-18(12-15(5)7-2)16-9-8-10-17(13-16)20-14(3)4/h8-10,13-14,18-19H,5-7,11-12H2,1-4H3. The lowest BCUT2D eigenvalue weighted by molar-refractivity contribution is 0.242. The summed E-state index contributed by atoms with van der Waals surface area (Å²) in [4.78, 5) is 0. The highest BCUT2D eigenvalue weighted by Crippen LogP contribution is 2.25. The van der Waals surface area contributed by atoms with Gasteiger partial charge in [0.2, 0.25) is 0 Å². The lowest BCUT2D eigenvalue weighted by atomic mass is 9.98. The van der Waals surface area contributed by atoms with Crippen LogP contribution in [0.15, 0.2) is 36.4 Å². The average Bonchev–Trinajstić information content (AvgIpc) is 2.42. The summed E-state index contributed by atoms with van der Waals surface area (Å²) >= 11 is 0. The largest absolute Gasteiger partial charge is 0.491 e. The molecule has 0 saturated carbocycles. The Morgan fingerprint density at radius 3 is 2.65 bits per heavy atom. The first kappa shape index (κ1) is 16.8. The van der Waals surface area contributed by atoms with Gasteiger partial charge in [-0.25, -0.2) is 0 Å². The molecule has 1 rings (SSSR count). The van der Waals surface area contributed by atoms with Gasteiger partial charge >= 0.3 is 0 Å². The van der Waals surface area contributed by atoms with E-state index in [-0.39, 0.29) is 6.10 Å². The lowest BCUT2D eigenvalue weighted by Crippen LogP contribution is -2.22. The maximum absolute atomic E-state index is 5.79. The van der Waals surface area contributed by atoms with E-state index in [1.807, 2.05) is 6.07 Å². The lowest BCUT2D eigenvalue weighted by Gasteiger charge is -2.21. The van der Waals surface area contributed by atoms with Crippen LogP contribution in [0.25, 0.3) is 0 Å². The first-order valence-electron chi connectivity index (χ1n) is 7.73. The molecule has 2 nitrogen and oxygen atoms in total. The van der Waals surface area contributed by atoms with Crippen LogP contribution in [0.5, 0.6) is 5.75 Å².